The molecule has 1 aromatic carbocycles. The molecule has 8 heteroatoms. The molecule has 1 aromatic rings. The Morgan fingerprint density at radius 2 is 1.73 bits per heavy atom. The van der Waals surface area contributed by atoms with E-state index in [2.05, 4.69) is 5.32 Å². The highest BCUT2D eigenvalue weighted by Crippen LogP contribution is 2.14. The van der Waals surface area contributed by atoms with E-state index >= 15 is 0 Å². The molecule has 0 aliphatic heterocycles. The maximum absolute atomic E-state index is 11.9. The first-order valence-corrected chi connectivity index (χ1v) is 8.15. The molecule has 0 aliphatic carbocycles. The number of rotatable bonds is 6. The lowest BCUT2D eigenvalue weighted by Crippen LogP contribution is -2.38. The average molecular weight is 350 g/mol. The van der Waals surface area contributed by atoms with Gasteiger partial charge >= 0.3 is 0 Å². The molecule has 3 N–H and O–H groups in total. The molecule has 0 radical (unpaired) electrons. The second kappa shape index (κ2) is 8.47. The Hall–Kier alpha value is -1.15. The van der Waals surface area contributed by atoms with Crippen LogP contribution < -0.4 is 11.1 Å². The Morgan fingerprint density at radius 3 is 2.14 bits per heavy atom. The Labute approximate surface area is 138 Å². The van der Waals surface area contributed by atoms with Crippen molar-refractivity contribution in [1.29, 1.82) is 0 Å². The second-order valence-electron chi connectivity index (χ2n) is 5.30. The van der Waals surface area contributed by atoms with Gasteiger partial charge in [-0.15, -0.1) is 12.4 Å². The van der Waals surface area contributed by atoms with E-state index in [1.54, 1.807) is 26.0 Å². The van der Waals surface area contributed by atoms with Crippen LogP contribution >= 0.6 is 12.4 Å². The summed E-state index contributed by atoms with van der Waals surface area (Å²) in [6.45, 7) is 3.90. The van der Waals surface area contributed by atoms with Crippen LogP contribution in [-0.4, -0.2) is 38.8 Å². The van der Waals surface area contributed by atoms with Gasteiger partial charge in [0.25, 0.3) is 0 Å². The number of halogens is 1. The molecule has 0 bridgehead atoms. The predicted octanol–water partition coefficient (Wildman–Crippen LogP) is 0.958. The van der Waals surface area contributed by atoms with Crippen LogP contribution in [-0.2, 0) is 21.4 Å². The normalized spacial score (nSPS) is 14.1. The molecule has 1 rings (SSSR count). The molecule has 0 spiro atoms. The Balaban J connectivity index is 0.00000441. The van der Waals surface area contributed by atoms with Crippen LogP contribution in [0.3, 0.4) is 0 Å². The maximum Gasteiger partial charge on any atom is 0.242 e. The molecule has 22 heavy (non-hydrogen) atoms. The Bertz CT molecular complexity index is 586. The zero-order valence-corrected chi connectivity index (χ0v) is 14.9. The molecule has 2 unspecified atom stereocenters. The summed E-state index contributed by atoms with van der Waals surface area (Å²) in [5.41, 5.74) is 6.50. The third-order valence-corrected chi connectivity index (χ3v) is 5.20. The molecule has 0 fully saturated rings. The third-order valence-electron chi connectivity index (χ3n) is 3.37. The minimum atomic E-state index is -3.42. The highest BCUT2D eigenvalue weighted by molar-refractivity contribution is 7.89. The van der Waals surface area contributed by atoms with Crippen molar-refractivity contribution in [1.82, 2.24) is 9.62 Å². The van der Waals surface area contributed by atoms with E-state index in [-0.39, 0.29) is 35.2 Å². The van der Waals surface area contributed by atoms with Gasteiger partial charge in [0, 0.05) is 32.6 Å². The lowest BCUT2D eigenvalue weighted by atomic mass is 10.0. The van der Waals surface area contributed by atoms with Crippen LogP contribution in [0.5, 0.6) is 0 Å². The van der Waals surface area contributed by atoms with Crippen LogP contribution in [0.25, 0.3) is 0 Å². The highest BCUT2D eigenvalue weighted by Gasteiger charge is 2.18. The molecular weight excluding hydrogens is 326 g/mol. The number of carbonyl (C=O) groups is 1. The van der Waals surface area contributed by atoms with Crippen LogP contribution in [0.15, 0.2) is 29.2 Å². The lowest BCUT2D eigenvalue weighted by Gasteiger charge is -2.15. The van der Waals surface area contributed by atoms with Crippen molar-refractivity contribution in [2.75, 3.05) is 14.1 Å². The van der Waals surface area contributed by atoms with Crippen molar-refractivity contribution >= 4 is 28.3 Å². The van der Waals surface area contributed by atoms with Gasteiger partial charge in [0.1, 0.15) is 0 Å². The number of carbonyl (C=O) groups excluding carboxylic acids is 1. The number of sulfonamides is 1. The second-order valence-corrected chi connectivity index (χ2v) is 7.45. The molecule has 0 aromatic heterocycles. The smallest absolute Gasteiger partial charge is 0.242 e. The number of benzene rings is 1. The van der Waals surface area contributed by atoms with E-state index in [1.165, 1.54) is 26.2 Å². The first kappa shape index (κ1) is 20.9. The minimum Gasteiger partial charge on any atom is -0.352 e. The van der Waals surface area contributed by atoms with Crippen molar-refractivity contribution in [2.24, 2.45) is 11.7 Å². The van der Waals surface area contributed by atoms with Crippen molar-refractivity contribution < 1.29 is 13.2 Å². The SMILES string of the molecule is CC(N)C(C)C(=O)NCc1ccc(S(=O)(=O)N(C)C)cc1.Cl. The summed E-state index contributed by atoms with van der Waals surface area (Å²) in [5.74, 6) is -0.381. The van der Waals surface area contributed by atoms with Gasteiger partial charge in [0.2, 0.25) is 15.9 Å². The van der Waals surface area contributed by atoms with E-state index in [1.807, 2.05) is 0 Å². The molecule has 2 atom stereocenters. The number of hydrogen-bond donors (Lipinski definition) is 2. The third kappa shape index (κ3) is 5.24. The minimum absolute atomic E-state index is 0. The summed E-state index contributed by atoms with van der Waals surface area (Å²) in [4.78, 5) is 12.0. The van der Waals surface area contributed by atoms with Gasteiger partial charge in [-0.3, -0.25) is 4.79 Å². The van der Waals surface area contributed by atoms with Gasteiger partial charge < -0.3 is 11.1 Å². The number of nitrogens with one attached hydrogen (secondary N) is 1. The predicted molar refractivity (Wildman–Crippen MR) is 89.2 cm³/mol. The van der Waals surface area contributed by atoms with Crippen molar-refractivity contribution in [3.05, 3.63) is 29.8 Å². The highest BCUT2D eigenvalue weighted by atomic mass is 35.5. The molecule has 126 valence electrons. The zero-order chi connectivity index (χ0) is 16.2. The van der Waals surface area contributed by atoms with Gasteiger partial charge in [-0.2, -0.15) is 0 Å². The van der Waals surface area contributed by atoms with E-state index in [0.717, 1.165) is 9.87 Å². The lowest BCUT2D eigenvalue weighted by molar-refractivity contribution is -0.125. The molecule has 0 saturated heterocycles. The Kier molecular flexibility index (Phi) is 8.03. The van der Waals surface area contributed by atoms with Gasteiger partial charge in [-0.05, 0) is 24.6 Å². The maximum atomic E-state index is 11.9. The van der Waals surface area contributed by atoms with Gasteiger partial charge in [-0.1, -0.05) is 19.1 Å². The van der Waals surface area contributed by atoms with Crippen LogP contribution in [0.2, 0.25) is 0 Å². The van der Waals surface area contributed by atoms with Crippen LogP contribution in [0.4, 0.5) is 0 Å². The molecular formula is C14H24ClN3O3S. The fourth-order valence-corrected chi connectivity index (χ4v) is 2.48. The summed E-state index contributed by atoms with van der Waals surface area (Å²) in [7, 11) is -0.450. The monoisotopic (exact) mass is 349 g/mol. The first-order chi connectivity index (χ1) is 9.66. The molecule has 1 amide bonds. The standard InChI is InChI=1S/C14H23N3O3S.ClH/c1-10(11(2)15)14(18)16-9-12-5-7-13(8-6-12)21(19,20)17(3)4;/h5-8,10-11H,9,15H2,1-4H3,(H,16,18);1H. The van der Waals surface area contributed by atoms with Crippen molar-refractivity contribution in [3.63, 3.8) is 0 Å². The van der Waals surface area contributed by atoms with E-state index in [4.69, 9.17) is 5.73 Å². The Morgan fingerprint density at radius 1 is 1.23 bits per heavy atom. The molecule has 0 heterocycles. The van der Waals surface area contributed by atoms with Gasteiger partial charge in [0.05, 0.1) is 4.90 Å². The number of hydrogen-bond acceptors (Lipinski definition) is 4. The summed E-state index contributed by atoms with van der Waals surface area (Å²) in [5, 5.41) is 2.78. The first-order valence-electron chi connectivity index (χ1n) is 6.71. The fraction of sp³-hybridized carbons (Fsp3) is 0.500. The summed E-state index contributed by atoms with van der Waals surface area (Å²) < 4.78 is 25.0. The van der Waals surface area contributed by atoms with E-state index in [0.29, 0.717) is 6.54 Å². The molecule has 6 nitrogen and oxygen atoms in total. The quantitative estimate of drug-likeness (QED) is 0.800. The van der Waals surface area contributed by atoms with Crippen molar-refractivity contribution in [3.8, 4) is 0 Å². The van der Waals surface area contributed by atoms with Gasteiger partial charge in [0.15, 0.2) is 0 Å². The number of nitrogens with zero attached hydrogens (tertiary/aromatic N) is 1. The summed E-state index contributed by atoms with van der Waals surface area (Å²) >= 11 is 0. The number of nitrogens with two attached hydrogens (primary N) is 1. The summed E-state index contributed by atoms with van der Waals surface area (Å²) in [6, 6.07) is 6.23. The van der Waals surface area contributed by atoms with Crippen molar-refractivity contribution in [2.45, 2.75) is 31.3 Å². The van der Waals surface area contributed by atoms with Crippen LogP contribution in [0, 0.1) is 5.92 Å². The fourth-order valence-electron chi connectivity index (χ4n) is 1.58. The van der Waals surface area contributed by atoms with Crippen LogP contribution in [0.1, 0.15) is 19.4 Å². The van der Waals surface area contributed by atoms with E-state index < -0.39 is 10.0 Å². The zero-order valence-electron chi connectivity index (χ0n) is 13.2. The van der Waals surface area contributed by atoms with E-state index in [9.17, 15) is 13.2 Å². The topological polar surface area (TPSA) is 92.5 Å². The molecule has 0 aliphatic rings. The summed E-state index contributed by atoms with van der Waals surface area (Å²) in [6.07, 6.45) is 0. The molecule has 0 saturated carbocycles. The van der Waals surface area contributed by atoms with Gasteiger partial charge in [-0.25, -0.2) is 12.7 Å². The largest absolute Gasteiger partial charge is 0.352 e. The number of amides is 1. The average Bonchev–Trinajstić information content (AvgIpc) is 2.44.